The van der Waals surface area contributed by atoms with Crippen LogP contribution in [-0.4, -0.2) is 50.7 Å². The van der Waals surface area contributed by atoms with Gasteiger partial charge in [0.15, 0.2) is 0 Å². The van der Waals surface area contributed by atoms with E-state index in [1.54, 1.807) is 11.0 Å². The molecule has 3 rings (SSSR count). The van der Waals surface area contributed by atoms with Crippen molar-refractivity contribution in [3.8, 4) is 5.88 Å². The molecule has 9 nitrogen and oxygen atoms in total. The van der Waals surface area contributed by atoms with Crippen LogP contribution < -0.4 is 4.74 Å². The number of likely N-dealkylation sites (tertiary alicyclic amines) is 1. The number of non-ortho nitro benzene ring substituents is 1. The van der Waals surface area contributed by atoms with Gasteiger partial charge < -0.3 is 14.4 Å². The van der Waals surface area contributed by atoms with Crippen molar-refractivity contribution in [3.05, 3.63) is 34.5 Å². The lowest BCUT2D eigenvalue weighted by Crippen LogP contribution is -2.48. The Hall–Kier alpha value is -2.97. The SMILES string of the molecule is CC(C)(C)OC(=O)N1CCCC[C@@H]1COc1cnc2cc([N+](=O)[O-])ccc2n1. The fourth-order valence-electron chi connectivity index (χ4n) is 3.08. The lowest BCUT2D eigenvalue weighted by Gasteiger charge is -2.36. The topological polar surface area (TPSA) is 108 Å². The van der Waals surface area contributed by atoms with Crippen molar-refractivity contribution in [2.45, 2.75) is 51.7 Å². The third kappa shape index (κ3) is 4.85. The summed E-state index contributed by atoms with van der Waals surface area (Å²) in [7, 11) is 0. The van der Waals surface area contributed by atoms with Gasteiger partial charge in [0.25, 0.3) is 5.69 Å². The number of amides is 1. The number of piperidine rings is 1. The summed E-state index contributed by atoms with van der Waals surface area (Å²) in [5, 5.41) is 10.9. The molecular formula is C19H24N4O5. The van der Waals surface area contributed by atoms with Gasteiger partial charge in [-0.2, -0.15) is 0 Å². The van der Waals surface area contributed by atoms with Gasteiger partial charge in [0.1, 0.15) is 12.2 Å². The minimum atomic E-state index is -0.549. The lowest BCUT2D eigenvalue weighted by atomic mass is 10.0. The summed E-state index contributed by atoms with van der Waals surface area (Å²) in [6.07, 6.45) is 3.88. The molecule has 150 valence electrons. The van der Waals surface area contributed by atoms with E-state index >= 15 is 0 Å². The molecule has 9 heteroatoms. The molecule has 2 heterocycles. The van der Waals surface area contributed by atoms with Crippen molar-refractivity contribution in [2.75, 3.05) is 13.2 Å². The predicted molar refractivity (Wildman–Crippen MR) is 102 cm³/mol. The van der Waals surface area contributed by atoms with Crippen LogP contribution in [0.25, 0.3) is 11.0 Å². The second-order valence-corrected chi connectivity index (χ2v) is 7.77. The van der Waals surface area contributed by atoms with Crippen LogP contribution in [0.15, 0.2) is 24.4 Å². The highest BCUT2D eigenvalue weighted by atomic mass is 16.6. The molecule has 2 aromatic rings. The Morgan fingerprint density at radius 2 is 2.11 bits per heavy atom. The zero-order valence-corrected chi connectivity index (χ0v) is 16.3. The average Bonchev–Trinajstić information content (AvgIpc) is 2.64. The number of carbonyl (C=O) groups is 1. The van der Waals surface area contributed by atoms with Gasteiger partial charge in [0, 0.05) is 18.7 Å². The molecule has 0 spiro atoms. The van der Waals surface area contributed by atoms with E-state index in [0.29, 0.717) is 23.5 Å². The zero-order valence-electron chi connectivity index (χ0n) is 16.3. The van der Waals surface area contributed by atoms with E-state index in [1.165, 1.54) is 18.3 Å². The predicted octanol–water partition coefficient (Wildman–Crippen LogP) is 3.71. The van der Waals surface area contributed by atoms with E-state index in [9.17, 15) is 14.9 Å². The number of carbonyl (C=O) groups excluding carboxylic acids is 1. The monoisotopic (exact) mass is 388 g/mol. The number of hydrogen-bond donors (Lipinski definition) is 0. The maximum atomic E-state index is 12.5. The normalized spacial score (nSPS) is 17.4. The van der Waals surface area contributed by atoms with Crippen LogP contribution in [0, 0.1) is 10.1 Å². The van der Waals surface area contributed by atoms with E-state index in [-0.39, 0.29) is 24.4 Å². The molecular weight excluding hydrogens is 364 g/mol. The largest absolute Gasteiger partial charge is 0.474 e. The van der Waals surface area contributed by atoms with Gasteiger partial charge in [-0.15, -0.1) is 0 Å². The van der Waals surface area contributed by atoms with Crippen molar-refractivity contribution in [1.29, 1.82) is 0 Å². The second kappa shape index (κ2) is 7.95. The molecule has 0 saturated carbocycles. The first-order valence-corrected chi connectivity index (χ1v) is 9.26. The number of rotatable bonds is 4. The second-order valence-electron chi connectivity index (χ2n) is 7.77. The van der Waals surface area contributed by atoms with E-state index in [2.05, 4.69) is 9.97 Å². The number of ether oxygens (including phenoxy) is 2. The smallest absolute Gasteiger partial charge is 0.410 e. The van der Waals surface area contributed by atoms with Crippen LogP contribution in [0.4, 0.5) is 10.5 Å². The van der Waals surface area contributed by atoms with Gasteiger partial charge in [-0.3, -0.25) is 10.1 Å². The number of nitro groups is 1. The summed E-state index contributed by atoms with van der Waals surface area (Å²) in [4.78, 5) is 33.1. The summed E-state index contributed by atoms with van der Waals surface area (Å²) in [5.41, 5.74) is 0.350. The summed E-state index contributed by atoms with van der Waals surface area (Å²) < 4.78 is 11.3. The molecule has 0 N–H and O–H groups in total. The molecule has 0 aliphatic carbocycles. The number of nitrogens with zero attached hydrogens (tertiary/aromatic N) is 4. The van der Waals surface area contributed by atoms with E-state index in [1.807, 2.05) is 20.8 Å². The van der Waals surface area contributed by atoms with Crippen molar-refractivity contribution in [2.24, 2.45) is 0 Å². The highest BCUT2D eigenvalue weighted by Gasteiger charge is 2.31. The van der Waals surface area contributed by atoms with Crippen LogP contribution in [0.1, 0.15) is 40.0 Å². The van der Waals surface area contributed by atoms with Crippen molar-refractivity contribution < 1.29 is 19.2 Å². The van der Waals surface area contributed by atoms with Crippen LogP contribution >= 0.6 is 0 Å². The van der Waals surface area contributed by atoms with Crippen LogP contribution in [0.5, 0.6) is 5.88 Å². The lowest BCUT2D eigenvalue weighted by molar-refractivity contribution is -0.384. The molecule has 1 atom stereocenters. The summed E-state index contributed by atoms with van der Waals surface area (Å²) in [6, 6.07) is 4.20. The maximum Gasteiger partial charge on any atom is 0.410 e. The molecule has 1 aliphatic heterocycles. The van der Waals surface area contributed by atoms with Gasteiger partial charge in [0.2, 0.25) is 5.88 Å². The van der Waals surface area contributed by atoms with Crippen molar-refractivity contribution >= 4 is 22.8 Å². The van der Waals surface area contributed by atoms with E-state index < -0.39 is 10.5 Å². The van der Waals surface area contributed by atoms with Gasteiger partial charge in [-0.1, -0.05) is 0 Å². The Kier molecular flexibility index (Phi) is 5.62. The molecule has 1 saturated heterocycles. The zero-order chi connectivity index (χ0) is 20.3. The first kappa shape index (κ1) is 19.8. The molecule has 0 unspecified atom stereocenters. The summed E-state index contributed by atoms with van der Waals surface area (Å²) in [5.74, 6) is 0.316. The Morgan fingerprint density at radius 3 is 2.82 bits per heavy atom. The van der Waals surface area contributed by atoms with E-state index in [0.717, 1.165) is 19.3 Å². The van der Waals surface area contributed by atoms with Crippen molar-refractivity contribution in [3.63, 3.8) is 0 Å². The molecule has 1 aromatic carbocycles. The van der Waals surface area contributed by atoms with Crippen LogP contribution in [0.2, 0.25) is 0 Å². The minimum absolute atomic E-state index is 0.0364. The summed E-state index contributed by atoms with van der Waals surface area (Å²) >= 11 is 0. The Labute approximate surface area is 162 Å². The number of benzene rings is 1. The maximum absolute atomic E-state index is 12.5. The molecule has 0 bridgehead atoms. The van der Waals surface area contributed by atoms with Crippen LogP contribution in [0.3, 0.4) is 0 Å². The highest BCUT2D eigenvalue weighted by molar-refractivity contribution is 5.77. The molecule has 0 radical (unpaired) electrons. The number of nitro benzene ring substituents is 1. The minimum Gasteiger partial charge on any atom is -0.474 e. The van der Waals surface area contributed by atoms with Gasteiger partial charge in [0.05, 0.1) is 28.2 Å². The Balaban J connectivity index is 1.68. The summed E-state index contributed by atoms with van der Waals surface area (Å²) in [6.45, 7) is 6.45. The van der Waals surface area contributed by atoms with Gasteiger partial charge >= 0.3 is 6.09 Å². The fraction of sp³-hybridized carbons (Fsp3) is 0.526. The van der Waals surface area contributed by atoms with Gasteiger partial charge in [-0.05, 0) is 46.1 Å². The van der Waals surface area contributed by atoms with E-state index in [4.69, 9.17) is 9.47 Å². The number of hydrogen-bond acceptors (Lipinski definition) is 7. The highest BCUT2D eigenvalue weighted by Crippen LogP contribution is 2.23. The molecule has 1 aliphatic rings. The van der Waals surface area contributed by atoms with Gasteiger partial charge in [-0.25, -0.2) is 14.8 Å². The fourth-order valence-corrected chi connectivity index (χ4v) is 3.08. The van der Waals surface area contributed by atoms with Crippen LogP contribution in [-0.2, 0) is 4.74 Å². The Bertz CT molecular complexity index is 880. The molecule has 1 fully saturated rings. The third-order valence-electron chi connectivity index (χ3n) is 4.39. The standard InChI is InChI=1S/C19H24N4O5/c1-19(2,3)28-18(24)22-9-5-4-6-14(22)12-27-17-11-20-16-10-13(23(25)26)7-8-15(16)21-17/h7-8,10-11,14H,4-6,9,12H2,1-3H3/t14-/m1/s1. The first-order valence-electron chi connectivity index (χ1n) is 9.26. The number of aromatic nitrogens is 2. The third-order valence-corrected chi connectivity index (χ3v) is 4.39. The first-order chi connectivity index (χ1) is 13.2. The molecule has 1 aromatic heterocycles. The quantitative estimate of drug-likeness (QED) is 0.580. The Morgan fingerprint density at radius 1 is 1.32 bits per heavy atom. The van der Waals surface area contributed by atoms with Crippen molar-refractivity contribution in [1.82, 2.24) is 14.9 Å². The average molecular weight is 388 g/mol. The molecule has 28 heavy (non-hydrogen) atoms. The number of fused-ring (bicyclic) bond motifs is 1. The molecule has 1 amide bonds.